The number of hydrogen-bond donors (Lipinski definition) is 2. The van der Waals surface area contributed by atoms with Gasteiger partial charge in [0.1, 0.15) is 16.6 Å². The van der Waals surface area contributed by atoms with Gasteiger partial charge in [0.15, 0.2) is 11.6 Å². The Labute approximate surface area is 164 Å². The number of hydrogen-bond acceptors (Lipinski definition) is 4. The molecule has 3 aromatic rings. The van der Waals surface area contributed by atoms with Crippen LogP contribution in [0.5, 0.6) is 0 Å². The van der Waals surface area contributed by atoms with Crippen molar-refractivity contribution in [2.24, 2.45) is 0 Å². The van der Waals surface area contributed by atoms with Crippen LogP contribution in [0.3, 0.4) is 0 Å². The van der Waals surface area contributed by atoms with Crippen molar-refractivity contribution in [1.29, 1.82) is 5.41 Å². The Bertz CT molecular complexity index is 1080. The highest BCUT2D eigenvalue weighted by atomic mass is 32.1. The Hall–Kier alpha value is -3.06. The zero-order valence-corrected chi connectivity index (χ0v) is 15.8. The molecule has 0 saturated heterocycles. The Morgan fingerprint density at radius 2 is 1.89 bits per heavy atom. The molecule has 2 heterocycles. The lowest BCUT2D eigenvalue weighted by molar-refractivity contribution is 0.310. The van der Waals surface area contributed by atoms with Crippen molar-refractivity contribution in [3.05, 3.63) is 81.9 Å². The molecule has 7 heteroatoms. The van der Waals surface area contributed by atoms with E-state index in [1.807, 2.05) is 37.3 Å². The fourth-order valence-electron chi connectivity index (χ4n) is 3.24. The lowest BCUT2D eigenvalue weighted by Crippen LogP contribution is -2.29. The minimum atomic E-state index is -0.939. The molecule has 1 aliphatic rings. The van der Waals surface area contributed by atoms with Crippen molar-refractivity contribution in [2.45, 2.75) is 13.0 Å². The summed E-state index contributed by atoms with van der Waals surface area (Å²) in [5.74, 6) is -1.58. The number of nitrogens with zero attached hydrogens (tertiary/aromatic N) is 2. The van der Waals surface area contributed by atoms with Crippen molar-refractivity contribution in [3.8, 4) is 11.3 Å². The third kappa shape index (κ3) is 3.18. The lowest BCUT2D eigenvalue weighted by Gasteiger charge is -2.26. The Balaban J connectivity index is 1.61. The van der Waals surface area contributed by atoms with Gasteiger partial charge in [0.25, 0.3) is 0 Å². The predicted octanol–water partition coefficient (Wildman–Crippen LogP) is 5.41. The Kier molecular flexibility index (Phi) is 4.68. The van der Waals surface area contributed by atoms with Gasteiger partial charge >= 0.3 is 0 Å². The summed E-state index contributed by atoms with van der Waals surface area (Å²) in [6, 6.07) is 13.3. The van der Waals surface area contributed by atoms with E-state index in [4.69, 9.17) is 5.41 Å². The molecule has 0 radical (unpaired) electrons. The minimum Gasteiger partial charge on any atom is -0.510 e. The summed E-state index contributed by atoms with van der Waals surface area (Å²) in [6.45, 7) is 2.21. The van der Waals surface area contributed by atoms with Gasteiger partial charge in [-0.2, -0.15) is 0 Å². The predicted molar refractivity (Wildman–Crippen MR) is 106 cm³/mol. The first-order valence-electron chi connectivity index (χ1n) is 8.69. The first-order chi connectivity index (χ1) is 13.5. The van der Waals surface area contributed by atoms with Crippen LogP contribution in [-0.4, -0.2) is 27.4 Å². The molecule has 0 aliphatic carbocycles. The molecule has 1 atom stereocenters. The van der Waals surface area contributed by atoms with Crippen LogP contribution in [0.4, 0.5) is 8.78 Å². The number of aliphatic hydroxyl groups excluding tert-OH is 1. The molecule has 2 aromatic carbocycles. The fourth-order valence-corrected chi connectivity index (χ4v) is 4.14. The van der Waals surface area contributed by atoms with Crippen LogP contribution in [0, 0.1) is 17.0 Å². The first kappa shape index (κ1) is 18.3. The third-order valence-electron chi connectivity index (χ3n) is 4.82. The summed E-state index contributed by atoms with van der Waals surface area (Å²) in [7, 11) is 0. The van der Waals surface area contributed by atoms with E-state index < -0.39 is 11.6 Å². The van der Waals surface area contributed by atoms with E-state index >= 15 is 0 Å². The zero-order chi connectivity index (χ0) is 19.8. The maximum absolute atomic E-state index is 13.5. The van der Waals surface area contributed by atoms with Crippen LogP contribution in [-0.2, 0) is 0 Å². The molecule has 0 unspecified atom stereocenters. The smallest absolute Gasteiger partial charge is 0.159 e. The lowest BCUT2D eigenvalue weighted by atomic mass is 10.1. The van der Waals surface area contributed by atoms with Crippen molar-refractivity contribution in [1.82, 2.24) is 9.88 Å². The fraction of sp³-hybridized carbons (Fsp3) is 0.143. The number of benzene rings is 2. The largest absolute Gasteiger partial charge is 0.510 e. The number of thiazole rings is 1. The van der Waals surface area contributed by atoms with Crippen LogP contribution in [0.1, 0.15) is 23.5 Å². The molecule has 4 nitrogen and oxygen atoms in total. The van der Waals surface area contributed by atoms with E-state index in [9.17, 15) is 13.9 Å². The standard InChI is InChI=1S/C21H17F2N3OS/c1-12(13-5-3-2-4-6-13)26-10-18(27)19(20(26)24)21-25-17(11-28-21)14-7-8-15(22)16(23)9-14/h2-9,11-12,24,27H,10H2,1H3/t12-/m0/s1. The van der Waals surface area contributed by atoms with Gasteiger partial charge in [0, 0.05) is 10.9 Å². The molecule has 0 fully saturated rings. The third-order valence-corrected chi connectivity index (χ3v) is 5.68. The maximum Gasteiger partial charge on any atom is 0.159 e. The van der Waals surface area contributed by atoms with E-state index in [1.165, 1.54) is 17.4 Å². The van der Waals surface area contributed by atoms with E-state index in [2.05, 4.69) is 4.98 Å². The zero-order valence-electron chi connectivity index (χ0n) is 15.0. The van der Waals surface area contributed by atoms with Gasteiger partial charge in [-0.1, -0.05) is 30.3 Å². The van der Waals surface area contributed by atoms with Gasteiger partial charge < -0.3 is 10.0 Å². The monoisotopic (exact) mass is 397 g/mol. The second-order valence-corrected chi connectivity index (χ2v) is 7.41. The molecule has 0 spiro atoms. The molecule has 142 valence electrons. The number of rotatable bonds is 4. The summed E-state index contributed by atoms with van der Waals surface area (Å²) in [5.41, 5.74) is 2.34. The molecule has 1 aromatic heterocycles. The number of nitrogens with one attached hydrogen (secondary N) is 1. The number of aromatic nitrogens is 1. The van der Waals surface area contributed by atoms with Crippen molar-refractivity contribution >= 4 is 22.7 Å². The SMILES string of the molecule is C[C@@H](c1ccccc1)N1CC(O)=C(c2nc(-c3ccc(F)c(F)c3)cs2)C1=N. The van der Waals surface area contributed by atoms with Crippen molar-refractivity contribution in [3.63, 3.8) is 0 Å². The minimum absolute atomic E-state index is 0.0824. The first-order valence-corrected chi connectivity index (χ1v) is 9.57. The molecular weight excluding hydrogens is 380 g/mol. The molecule has 0 amide bonds. The molecule has 0 bridgehead atoms. The summed E-state index contributed by atoms with van der Waals surface area (Å²) in [4.78, 5) is 6.25. The molecule has 1 aliphatic heterocycles. The van der Waals surface area contributed by atoms with E-state index in [0.717, 1.165) is 17.7 Å². The quantitative estimate of drug-likeness (QED) is 0.619. The number of halogens is 2. The normalized spacial score (nSPS) is 15.4. The van der Waals surface area contributed by atoms with Crippen LogP contribution >= 0.6 is 11.3 Å². The molecular formula is C21H17F2N3OS. The second-order valence-electron chi connectivity index (χ2n) is 6.55. The summed E-state index contributed by atoms with van der Waals surface area (Å²) >= 11 is 1.26. The van der Waals surface area contributed by atoms with Crippen molar-refractivity contribution < 1.29 is 13.9 Å². The highest BCUT2D eigenvalue weighted by Crippen LogP contribution is 2.36. The summed E-state index contributed by atoms with van der Waals surface area (Å²) in [6.07, 6.45) is 0. The maximum atomic E-state index is 13.5. The summed E-state index contributed by atoms with van der Waals surface area (Å²) in [5, 5.41) is 21.2. The van der Waals surface area contributed by atoms with E-state index in [0.29, 0.717) is 21.8 Å². The van der Waals surface area contributed by atoms with E-state index in [1.54, 1.807) is 10.3 Å². The van der Waals surface area contributed by atoms with Crippen LogP contribution in [0.2, 0.25) is 0 Å². The van der Waals surface area contributed by atoms with Crippen LogP contribution < -0.4 is 0 Å². The number of aliphatic hydroxyl groups is 1. The highest BCUT2D eigenvalue weighted by molar-refractivity contribution is 7.11. The highest BCUT2D eigenvalue weighted by Gasteiger charge is 2.33. The second kappa shape index (κ2) is 7.16. The van der Waals surface area contributed by atoms with Gasteiger partial charge in [-0.15, -0.1) is 11.3 Å². The van der Waals surface area contributed by atoms with Crippen molar-refractivity contribution in [2.75, 3.05) is 6.54 Å². The van der Waals surface area contributed by atoms with Gasteiger partial charge in [-0.3, -0.25) is 5.41 Å². The van der Waals surface area contributed by atoms with Gasteiger partial charge in [-0.05, 0) is 30.7 Å². The molecule has 0 saturated carbocycles. The van der Waals surface area contributed by atoms with Crippen LogP contribution in [0.15, 0.2) is 59.7 Å². The number of amidine groups is 1. The molecule has 2 N–H and O–H groups in total. The van der Waals surface area contributed by atoms with Crippen LogP contribution in [0.25, 0.3) is 16.8 Å². The van der Waals surface area contributed by atoms with Gasteiger partial charge in [-0.25, -0.2) is 13.8 Å². The Morgan fingerprint density at radius 1 is 1.14 bits per heavy atom. The Morgan fingerprint density at radius 3 is 2.61 bits per heavy atom. The van der Waals surface area contributed by atoms with E-state index in [-0.39, 0.29) is 24.2 Å². The van der Waals surface area contributed by atoms with Gasteiger partial charge in [0.2, 0.25) is 0 Å². The molecule has 4 rings (SSSR count). The average Bonchev–Trinajstić information content (AvgIpc) is 3.28. The topological polar surface area (TPSA) is 60.2 Å². The van der Waals surface area contributed by atoms with Gasteiger partial charge in [0.05, 0.1) is 23.9 Å². The average molecular weight is 397 g/mol. The molecule has 28 heavy (non-hydrogen) atoms. The summed E-state index contributed by atoms with van der Waals surface area (Å²) < 4.78 is 26.7.